The fourth-order valence-corrected chi connectivity index (χ4v) is 3.56. The van der Waals surface area contributed by atoms with Gasteiger partial charge in [0.25, 0.3) is 5.91 Å². The lowest BCUT2D eigenvalue weighted by Gasteiger charge is -2.28. The van der Waals surface area contributed by atoms with E-state index in [0.717, 1.165) is 21.3 Å². The van der Waals surface area contributed by atoms with Crippen LogP contribution in [0.4, 0.5) is 16.2 Å². The Morgan fingerprint density at radius 1 is 1.52 bits per heavy atom. The van der Waals surface area contributed by atoms with Gasteiger partial charge < -0.3 is 15.4 Å². The highest BCUT2D eigenvalue weighted by atomic mass is 32.2. The van der Waals surface area contributed by atoms with Gasteiger partial charge in [-0.05, 0) is 18.2 Å². The Balaban J connectivity index is 1.90. The van der Waals surface area contributed by atoms with E-state index < -0.39 is 18.1 Å². The van der Waals surface area contributed by atoms with Crippen LogP contribution in [0.25, 0.3) is 0 Å². The Bertz CT molecular complexity index is 650. The molecule has 6 nitrogen and oxygen atoms in total. The number of hydrogen-bond acceptors (Lipinski definition) is 5. The number of primary amides is 1. The molecule has 1 atom stereocenters. The predicted molar refractivity (Wildman–Crippen MR) is 85.0 cm³/mol. The zero-order valence-electron chi connectivity index (χ0n) is 11.2. The van der Waals surface area contributed by atoms with Gasteiger partial charge in [-0.3, -0.25) is 9.69 Å². The first kappa shape index (κ1) is 14.2. The minimum Gasteiger partial charge on any atom is -0.434 e. The second-order valence-electron chi connectivity index (χ2n) is 4.78. The monoisotopic (exact) mass is 323 g/mol. The van der Waals surface area contributed by atoms with Crippen molar-refractivity contribution < 1.29 is 14.3 Å². The highest BCUT2D eigenvalue weighted by molar-refractivity contribution is 8.01. The third-order valence-corrected chi connectivity index (χ3v) is 5.13. The molecule has 1 saturated heterocycles. The van der Waals surface area contributed by atoms with Gasteiger partial charge in [-0.1, -0.05) is 12.2 Å². The Hall–Kier alpha value is -1.80. The Kier molecular flexibility index (Phi) is 3.50. The van der Waals surface area contributed by atoms with Gasteiger partial charge in [-0.25, -0.2) is 4.79 Å². The van der Waals surface area contributed by atoms with E-state index in [0.29, 0.717) is 5.69 Å². The quantitative estimate of drug-likeness (QED) is 0.829. The number of nitrogens with zero attached hydrogens (tertiary/aromatic N) is 2. The predicted octanol–water partition coefficient (Wildman–Crippen LogP) is 1.37. The van der Waals surface area contributed by atoms with Crippen molar-refractivity contribution in [2.75, 3.05) is 29.1 Å². The van der Waals surface area contributed by atoms with Crippen LogP contribution in [0.2, 0.25) is 0 Å². The van der Waals surface area contributed by atoms with Gasteiger partial charge in [-0.15, -0.1) is 11.8 Å². The molecule has 1 aromatic carbocycles. The number of hydrogen-bond donors (Lipinski definition) is 1. The van der Waals surface area contributed by atoms with Crippen LogP contribution in [0, 0.1) is 0 Å². The average molecular weight is 323 g/mol. The van der Waals surface area contributed by atoms with Crippen LogP contribution >= 0.6 is 24.0 Å². The van der Waals surface area contributed by atoms with Crippen molar-refractivity contribution in [3.8, 4) is 0 Å². The van der Waals surface area contributed by atoms with Crippen molar-refractivity contribution in [1.29, 1.82) is 0 Å². The molecule has 1 unspecified atom stereocenters. The molecule has 2 N–H and O–H groups in total. The summed E-state index contributed by atoms with van der Waals surface area (Å²) in [5.41, 5.74) is 6.88. The molecule has 1 fully saturated rings. The van der Waals surface area contributed by atoms with Crippen molar-refractivity contribution in [2.45, 2.75) is 11.0 Å². The van der Waals surface area contributed by atoms with E-state index in [-0.39, 0.29) is 6.54 Å². The van der Waals surface area contributed by atoms with Gasteiger partial charge in [0.1, 0.15) is 0 Å². The Labute approximate surface area is 131 Å². The minimum absolute atomic E-state index is 0.145. The number of rotatable bonds is 2. The van der Waals surface area contributed by atoms with Crippen molar-refractivity contribution in [3.63, 3.8) is 0 Å². The number of carbonyl (C=O) groups excluding carboxylic acids is 2. The number of anilines is 2. The molecule has 0 spiro atoms. The van der Waals surface area contributed by atoms with Gasteiger partial charge in [0.15, 0.2) is 6.10 Å². The molecule has 0 radical (unpaired) electrons. The average Bonchev–Trinajstić information content (AvgIpc) is 2.85. The summed E-state index contributed by atoms with van der Waals surface area (Å²) in [7, 11) is 1.92. The van der Waals surface area contributed by atoms with Crippen molar-refractivity contribution in [3.05, 3.63) is 18.2 Å². The van der Waals surface area contributed by atoms with Crippen LogP contribution in [0.5, 0.6) is 0 Å². The van der Waals surface area contributed by atoms with Crippen LogP contribution in [0.15, 0.2) is 23.1 Å². The second kappa shape index (κ2) is 5.19. The second-order valence-corrected chi connectivity index (χ2v) is 6.27. The summed E-state index contributed by atoms with van der Waals surface area (Å²) in [4.78, 5) is 28.2. The molecule has 2 heterocycles. The number of cyclic esters (lactones) is 1. The van der Waals surface area contributed by atoms with E-state index in [1.165, 1.54) is 4.90 Å². The zero-order chi connectivity index (χ0) is 15.1. The van der Waals surface area contributed by atoms with Crippen molar-refractivity contribution in [2.24, 2.45) is 5.73 Å². The molecule has 3 rings (SSSR count). The first-order valence-electron chi connectivity index (χ1n) is 6.28. The molecular weight excluding hydrogens is 310 g/mol. The number of carbonyl (C=O) groups is 2. The zero-order valence-corrected chi connectivity index (χ0v) is 12.9. The first-order chi connectivity index (χ1) is 9.97. The summed E-state index contributed by atoms with van der Waals surface area (Å²) in [5, 5.41) is 0. The van der Waals surface area contributed by atoms with Crippen molar-refractivity contribution in [1.82, 2.24) is 0 Å². The lowest BCUT2D eigenvalue weighted by atomic mass is 10.2. The molecule has 0 aromatic heterocycles. The smallest absolute Gasteiger partial charge is 0.415 e. The summed E-state index contributed by atoms with van der Waals surface area (Å²) < 4.78 is 4.95. The van der Waals surface area contributed by atoms with Crippen LogP contribution in [-0.2, 0) is 9.53 Å². The fourth-order valence-electron chi connectivity index (χ4n) is 2.26. The number of thiocarbonyl (C=S) groups is 1. The Morgan fingerprint density at radius 2 is 2.29 bits per heavy atom. The SMILES string of the molecule is CN1C(=S)CSc2cc(N3CC(C(N)=O)OC3=O)ccc21. The van der Waals surface area contributed by atoms with E-state index in [4.69, 9.17) is 22.7 Å². The number of benzene rings is 1. The number of amides is 2. The summed E-state index contributed by atoms with van der Waals surface area (Å²) >= 11 is 6.91. The molecule has 2 aliphatic heterocycles. The molecular formula is C13H13N3O3S2. The van der Waals surface area contributed by atoms with Gasteiger partial charge in [0.05, 0.1) is 17.2 Å². The molecule has 110 valence electrons. The lowest BCUT2D eigenvalue weighted by Crippen LogP contribution is -2.33. The molecule has 21 heavy (non-hydrogen) atoms. The van der Waals surface area contributed by atoms with E-state index in [1.807, 2.05) is 30.1 Å². The van der Waals surface area contributed by atoms with Crippen LogP contribution in [0.1, 0.15) is 0 Å². The maximum atomic E-state index is 11.8. The fraction of sp³-hybridized carbons (Fsp3) is 0.308. The van der Waals surface area contributed by atoms with E-state index in [2.05, 4.69) is 0 Å². The van der Waals surface area contributed by atoms with E-state index in [1.54, 1.807) is 11.8 Å². The Morgan fingerprint density at radius 3 is 2.95 bits per heavy atom. The number of thioether (sulfide) groups is 1. The maximum absolute atomic E-state index is 11.8. The normalized spacial score (nSPS) is 21.3. The van der Waals surface area contributed by atoms with E-state index >= 15 is 0 Å². The highest BCUT2D eigenvalue weighted by Gasteiger charge is 2.36. The summed E-state index contributed by atoms with van der Waals surface area (Å²) in [6, 6.07) is 5.63. The maximum Gasteiger partial charge on any atom is 0.415 e. The summed E-state index contributed by atoms with van der Waals surface area (Å²) in [5.74, 6) is 0.0969. The molecule has 0 saturated carbocycles. The van der Waals surface area contributed by atoms with E-state index in [9.17, 15) is 9.59 Å². The third-order valence-electron chi connectivity index (χ3n) is 3.47. The number of fused-ring (bicyclic) bond motifs is 1. The van der Waals surface area contributed by atoms with Crippen LogP contribution < -0.4 is 15.5 Å². The molecule has 1 aromatic rings. The molecule has 8 heteroatoms. The highest BCUT2D eigenvalue weighted by Crippen LogP contribution is 2.38. The van der Waals surface area contributed by atoms with Gasteiger partial charge in [-0.2, -0.15) is 0 Å². The van der Waals surface area contributed by atoms with Gasteiger partial charge in [0.2, 0.25) is 0 Å². The summed E-state index contributed by atoms with van der Waals surface area (Å²) in [6.07, 6.45) is -1.44. The minimum atomic E-state index is -0.892. The van der Waals surface area contributed by atoms with Crippen LogP contribution in [0.3, 0.4) is 0 Å². The largest absolute Gasteiger partial charge is 0.434 e. The van der Waals surface area contributed by atoms with Gasteiger partial charge >= 0.3 is 6.09 Å². The number of nitrogens with two attached hydrogens (primary N) is 1. The lowest BCUT2D eigenvalue weighted by molar-refractivity contribution is -0.124. The topological polar surface area (TPSA) is 75.9 Å². The molecule has 2 aliphatic rings. The molecule has 0 aliphatic carbocycles. The van der Waals surface area contributed by atoms with Crippen molar-refractivity contribution >= 4 is 52.3 Å². The third kappa shape index (κ3) is 2.44. The summed E-state index contributed by atoms with van der Waals surface area (Å²) in [6.45, 7) is 0.145. The molecule has 0 bridgehead atoms. The molecule has 2 amide bonds. The first-order valence-corrected chi connectivity index (χ1v) is 7.67. The number of ether oxygens (including phenoxy) is 1. The van der Waals surface area contributed by atoms with Crippen LogP contribution in [-0.4, -0.2) is 42.4 Å². The standard InChI is InChI=1S/C13H13N3O3S2/c1-15-8-3-2-7(4-10(8)21-6-11(15)20)16-5-9(12(14)17)19-13(16)18/h2-4,9H,5-6H2,1H3,(H2,14,17). The van der Waals surface area contributed by atoms with Gasteiger partial charge in [0, 0.05) is 23.4 Å².